The van der Waals surface area contributed by atoms with Crippen molar-refractivity contribution in [2.45, 2.75) is 19.0 Å². The molecule has 0 heterocycles. The van der Waals surface area contributed by atoms with Crippen LogP contribution in [-0.4, -0.2) is 31.8 Å². The largest absolute Gasteiger partial charge is 0.466 e. The maximum Gasteiger partial charge on any atom is 0.355 e. The molecule has 12 heavy (non-hydrogen) atoms. The lowest BCUT2D eigenvalue weighted by molar-refractivity contribution is -0.171. The summed E-state index contributed by atoms with van der Waals surface area (Å²) in [6, 6.07) is 0. The third-order valence-corrected chi connectivity index (χ3v) is 1.51. The predicted octanol–water partition coefficient (Wildman–Crippen LogP) is 0.451. The van der Waals surface area contributed by atoms with Gasteiger partial charge in [0.1, 0.15) is 0 Å². The van der Waals surface area contributed by atoms with E-state index in [1.54, 1.807) is 0 Å². The van der Waals surface area contributed by atoms with Crippen LogP contribution in [0.4, 0.5) is 4.39 Å². The predicted molar refractivity (Wildman–Crippen MR) is 38.2 cm³/mol. The zero-order chi connectivity index (χ0) is 9.78. The summed E-state index contributed by atoms with van der Waals surface area (Å²) in [6.07, 6.45) is -0.299. The van der Waals surface area contributed by atoms with Crippen LogP contribution in [0.2, 0.25) is 0 Å². The van der Waals surface area contributed by atoms with E-state index >= 15 is 0 Å². The first-order valence-corrected chi connectivity index (χ1v) is 3.38. The molecule has 0 saturated carbocycles. The molecule has 0 rings (SSSR count). The van der Waals surface area contributed by atoms with Crippen LogP contribution >= 0.6 is 0 Å². The van der Waals surface area contributed by atoms with Crippen molar-refractivity contribution in [2.24, 2.45) is 0 Å². The van der Waals surface area contributed by atoms with Crippen molar-refractivity contribution < 1.29 is 23.5 Å². The lowest BCUT2D eigenvalue weighted by Crippen LogP contribution is -2.43. The maximum atomic E-state index is 13.4. The number of hydrogen-bond donors (Lipinski definition) is 0. The molecule has 0 radical (unpaired) electrons. The number of rotatable bonds is 3. The number of ether oxygens (including phenoxy) is 2. The second-order valence-corrected chi connectivity index (χ2v) is 2.14. The van der Waals surface area contributed by atoms with Gasteiger partial charge < -0.3 is 9.47 Å². The highest BCUT2D eigenvalue weighted by atomic mass is 19.1. The van der Waals surface area contributed by atoms with Crippen LogP contribution in [0, 0.1) is 0 Å². The standard InChI is InChI=1S/C7H11FO4/c1-4-7(8,5(9)11-2)6(10)12-3/h4H2,1-3H3. The number of esters is 2. The van der Waals surface area contributed by atoms with E-state index in [1.807, 2.05) is 0 Å². The summed E-state index contributed by atoms with van der Waals surface area (Å²) < 4.78 is 21.6. The minimum Gasteiger partial charge on any atom is -0.466 e. The first-order valence-electron chi connectivity index (χ1n) is 3.38. The second kappa shape index (κ2) is 4.04. The van der Waals surface area contributed by atoms with Crippen molar-refractivity contribution in [3.05, 3.63) is 0 Å². The quantitative estimate of drug-likeness (QED) is 0.465. The highest BCUT2D eigenvalue weighted by molar-refractivity contribution is 6.03. The van der Waals surface area contributed by atoms with Crippen LogP contribution in [0.25, 0.3) is 0 Å². The zero-order valence-corrected chi connectivity index (χ0v) is 7.22. The number of hydrogen-bond acceptors (Lipinski definition) is 4. The summed E-state index contributed by atoms with van der Waals surface area (Å²) in [7, 11) is 2.02. The van der Waals surface area contributed by atoms with Gasteiger partial charge in [0.2, 0.25) is 0 Å². The van der Waals surface area contributed by atoms with Gasteiger partial charge in [-0.2, -0.15) is 0 Å². The van der Waals surface area contributed by atoms with Crippen LogP contribution in [0.1, 0.15) is 13.3 Å². The van der Waals surface area contributed by atoms with E-state index in [-0.39, 0.29) is 6.42 Å². The summed E-state index contributed by atoms with van der Waals surface area (Å²) in [5.41, 5.74) is -2.66. The molecule has 5 heteroatoms. The van der Waals surface area contributed by atoms with Gasteiger partial charge in [0.05, 0.1) is 14.2 Å². The van der Waals surface area contributed by atoms with Crippen LogP contribution < -0.4 is 0 Å². The zero-order valence-electron chi connectivity index (χ0n) is 7.22. The summed E-state index contributed by atoms with van der Waals surface area (Å²) in [5.74, 6) is -2.45. The molecule has 0 atom stereocenters. The lowest BCUT2D eigenvalue weighted by Gasteiger charge is -2.17. The molecule has 0 aliphatic rings. The SMILES string of the molecule is CCC(F)(C(=O)OC)C(=O)OC. The number of carbonyl (C=O) groups is 2. The van der Waals surface area contributed by atoms with Gasteiger partial charge in [-0.05, 0) is 0 Å². The van der Waals surface area contributed by atoms with Gasteiger partial charge >= 0.3 is 17.6 Å². The van der Waals surface area contributed by atoms with Gasteiger partial charge in [0.15, 0.2) is 0 Å². The second-order valence-electron chi connectivity index (χ2n) is 2.14. The van der Waals surface area contributed by atoms with Gasteiger partial charge in [0, 0.05) is 6.42 Å². The van der Waals surface area contributed by atoms with E-state index in [2.05, 4.69) is 9.47 Å². The van der Waals surface area contributed by atoms with Gasteiger partial charge in [-0.25, -0.2) is 14.0 Å². The monoisotopic (exact) mass is 178 g/mol. The van der Waals surface area contributed by atoms with Crippen molar-refractivity contribution >= 4 is 11.9 Å². The molecule has 0 aromatic heterocycles. The van der Waals surface area contributed by atoms with Crippen LogP contribution in [0.3, 0.4) is 0 Å². The Kier molecular flexibility index (Phi) is 3.66. The summed E-state index contributed by atoms with van der Waals surface area (Å²) >= 11 is 0. The Morgan fingerprint density at radius 3 is 1.75 bits per heavy atom. The molecule has 0 aliphatic carbocycles. The smallest absolute Gasteiger partial charge is 0.355 e. The molecule has 0 saturated heterocycles. The third kappa shape index (κ3) is 1.72. The molecule has 4 nitrogen and oxygen atoms in total. The molecule has 70 valence electrons. The van der Waals surface area contributed by atoms with E-state index < -0.39 is 17.6 Å². The summed E-state index contributed by atoms with van der Waals surface area (Å²) in [4.78, 5) is 21.5. The summed E-state index contributed by atoms with van der Waals surface area (Å²) in [5, 5.41) is 0. The fourth-order valence-corrected chi connectivity index (χ4v) is 0.696. The van der Waals surface area contributed by atoms with Gasteiger partial charge in [0.25, 0.3) is 0 Å². The Labute approximate surface area is 69.6 Å². The molecule has 0 amide bonds. The molecular weight excluding hydrogens is 167 g/mol. The van der Waals surface area contributed by atoms with Crippen LogP contribution in [0.15, 0.2) is 0 Å². The van der Waals surface area contributed by atoms with Crippen molar-refractivity contribution in [1.82, 2.24) is 0 Å². The van der Waals surface area contributed by atoms with Crippen molar-refractivity contribution in [3.8, 4) is 0 Å². The Hall–Kier alpha value is -1.13. The summed E-state index contributed by atoms with van der Waals surface area (Å²) in [6.45, 7) is 1.36. The Morgan fingerprint density at radius 2 is 1.58 bits per heavy atom. The fraction of sp³-hybridized carbons (Fsp3) is 0.714. The minimum atomic E-state index is -2.66. The van der Waals surface area contributed by atoms with Gasteiger partial charge in [-0.3, -0.25) is 0 Å². The minimum absolute atomic E-state index is 0.299. The van der Waals surface area contributed by atoms with E-state index in [9.17, 15) is 14.0 Å². The highest BCUT2D eigenvalue weighted by Gasteiger charge is 2.47. The molecule has 0 aromatic rings. The maximum absolute atomic E-state index is 13.4. The highest BCUT2D eigenvalue weighted by Crippen LogP contribution is 2.19. The van der Waals surface area contributed by atoms with E-state index in [0.717, 1.165) is 14.2 Å². The van der Waals surface area contributed by atoms with E-state index in [0.29, 0.717) is 0 Å². The molecule has 0 N–H and O–H groups in total. The lowest BCUT2D eigenvalue weighted by atomic mass is 10.0. The average molecular weight is 178 g/mol. The molecule has 0 spiro atoms. The van der Waals surface area contributed by atoms with Crippen molar-refractivity contribution in [3.63, 3.8) is 0 Å². The number of halogens is 1. The van der Waals surface area contributed by atoms with Crippen LogP contribution in [-0.2, 0) is 19.1 Å². The van der Waals surface area contributed by atoms with Gasteiger partial charge in [-0.15, -0.1) is 0 Å². The third-order valence-electron chi connectivity index (χ3n) is 1.51. The molecule has 0 aromatic carbocycles. The van der Waals surface area contributed by atoms with Crippen molar-refractivity contribution in [2.75, 3.05) is 14.2 Å². The average Bonchev–Trinajstić information content (AvgIpc) is 2.13. The first kappa shape index (κ1) is 10.9. The fourth-order valence-electron chi connectivity index (χ4n) is 0.696. The van der Waals surface area contributed by atoms with Crippen molar-refractivity contribution in [1.29, 1.82) is 0 Å². The van der Waals surface area contributed by atoms with Gasteiger partial charge in [-0.1, -0.05) is 6.92 Å². The Morgan fingerprint density at radius 1 is 1.25 bits per heavy atom. The Balaban J connectivity index is 4.66. The number of alkyl halides is 1. The normalized spacial score (nSPS) is 10.7. The van der Waals surface area contributed by atoms with Crippen LogP contribution in [0.5, 0.6) is 0 Å². The number of methoxy groups -OCH3 is 2. The molecule has 0 fully saturated rings. The molecular formula is C7H11FO4. The van der Waals surface area contributed by atoms with E-state index in [1.165, 1.54) is 6.92 Å². The molecule has 0 unspecified atom stereocenters. The van der Waals surface area contributed by atoms with E-state index in [4.69, 9.17) is 0 Å². The molecule has 0 aliphatic heterocycles. The number of carbonyl (C=O) groups excluding carboxylic acids is 2. The topological polar surface area (TPSA) is 52.6 Å². The Bertz CT molecular complexity index is 174. The first-order chi connectivity index (χ1) is 5.52. The molecule has 0 bridgehead atoms.